The highest BCUT2D eigenvalue weighted by Crippen LogP contribution is 2.46. The predicted octanol–water partition coefficient (Wildman–Crippen LogP) is 5.05. The van der Waals surface area contributed by atoms with E-state index in [-0.39, 0.29) is 24.0 Å². The summed E-state index contributed by atoms with van der Waals surface area (Å²) < 4.78 is 2.26. The molecule has 2 aliphatic rings. The number of carbonyl (C=O) groups is 2. The van der Waals surface area contributed by atoms with Crippen LogP contribution in [-0.2, 0) is 0 Å². The second-order valence-electron chi connectivity index (χ2n) is 8.83. The number of halogens is 1. The van der Waals surface area contributed by atoms with Gasteiger partial charge in [0, 0.05) is 43.6 Å². The van der Waals surface area contributed by atoms with Gasteiger partial charge in [0.2, 0.25) is 0 Å². The molecule has 3 aromatic carbocycles. The Morgan fingerprint density at radius 1 is 0.969 bits per heavy atom. The van der Waals surface area contributed by atoms with Gasteiger partial charge < -0.3 is 14.7 Å². The molecule has 1 unspecified atom stereocenters. The Morgan fingerprint density at radius 3 is 2.53 bits per heavy atom. The smallest absolute Gasteiger partial charge is 0.259 e. The number of rotatable bonds is 1. The molecule has 5 aromatic rings. The molecule has 2 amide bonds. The van der Waals surface area contributed by atoms with Gasteiger partial charge in [0.05, 0.1) is 28.3 Å². The number of aliphatic hydroxyl groups excluding tert-OH is 1. The van der Waals surface area contributed by atoms with Gasteiger partial charge >= 0.3 is 0 Å². The third-order valence-corrected chi connectivity index (χ3v) is 7.32. The van der Waals surface area contributed by atoms with Crippen LogP contribution in [0.25, 0.3) is 43.6 Å². The molecular formula is C25H18ClN3O3. The minimum absolute atomic E-state index is 0.101. The van der Waals surface area contributed by atoms with Crippen LogP contribution in [0.5, 0.6) is 0 Å². The van der Waals surface area contributed by atoms with Crippen molar-refractivity contribution >= 4 is 67.0 Å². The maximum Gasteiger partial charge on any atom is 0.259 e. The van der Waals surface area contributed by atoms with Crippen molar-refractivity contribution in [3.05, 3.63) is 58.6 Å². The molecular weight excluding hydrogens is 426 g/mol. The number of aromatic nitrogens is 2. The van der Waals surface area contributed by atoms with Crippen molar-refractivity contribution in [2.45, 2.75) is 31.4 Å². The van der Waals surface area contributed by atoms with Gasteiger partial charge in [0.25, 0.3) is 11.8 Å². The molecule has 2 atom stereocenters. The second kappa shape index (κ2) is 6.12. The van der Waals surface area contributed by atoms with E-state index in [0.29, 0.717) is 22.6 Å². The van der Waals surface area contributed by atoms with E-state index in [1.54, 1.807) is 6.07 Å². The SMILES string of the molecule is O=C1NC(=O)c2c1c1c3ccc(Cl)cc3[nH]c1c1c2c2ccccc2n1C1CC[C@@H](O)C1. The van der Waals surface area contributed by atoms with Gasteiger partial charge in [-0.3, -0.25) is 14.9 Å². The largest absolute Gasteiger partial charge is 0.393 e. The number of nitrogens with one attached hydrogen (secondary N) is 2. The monoisotopic (exact) mass is 443 g/mol. The lowest BCUT2D eigenvalue weighted by Crippen LogP contribution is -2.20. The average molecular weight is 444 g/mol. The third-order valence-electron chi connectivity index (χ3n) is 7.08. The number of aromatic amines is 1. The molecule has 7 heteroatoms. The molecule has 0 spiro atoms. The van der Waals surface area contributed by atoms with Gasteiger partial charge in [0.1, 0.15) is 0 Å². The molecule has 6 nitrogen and oxygen atoms in total. The Balaban J connectivity index is 1.79. The van der Waals surface area contributed by atoms with Crippen LogP contribution in [-0.4, -0.2) is 32.6 Å². The van der Waals surface area contributed by atoms with Crippen LogP contribution in [0.15, 0.2) is 42.5 Å². The van der Waals surface area contributed by atoms with Crippen molar-refractivity contribution in [2.75, 3.05) is 0 Å². The molecule has 0 radical (unpaired) electrons. The number of para-hydroxylation sites is 1. The lowest BCUT2D eigenvalue weighted by Gasteiger charge is -2.16. The zero-order chi connectivity index (χ0) is 21.7. The van der Waals surface area contributed by atoms with Crippen molar-refractivity contribution in [1.29, 1.82) is 0 Å². The second-order valence-corrected chi connectivity index (χ2v) is 9.27. The van der Waals surface area contributed by atoms with Crippen molar-refractivity contribution < 1.29 is 14.7 Å². The summed E-state index contributed by atoms with van der Waals surface area (Å²) in [5.74, 6) is -0.740. The van der Waals surface area contributed by atoms with Crippen molar-refractivity contribution in [2.24, 2.45) is 0 Å². The minimum atomic E-state index is -0.374. The van der Waals surface area contributed by atoms with E-state index in [9.17, 15) is 14.7 Å². The summed E-state index contributed by atoms with van der Waals surface area (Å²) in [4.78, 5) is 29.5. The van der Waals surface area contributed by atoms with E-state index in [4.69, 9.17) is 11.6 Å². The Kier molecular flexibility index (Phi) is 3.49. The van der Waals surface area contributed by atoms with Gasteiger partial charge in [-0.1, -0.05) is 35.9 Å². The van der Waals surface area contributed by atoms with Gasteiger partial charge in [-0.2, -0.15) is 0 Å². The predicted molar refractivity (Wildman–Crippen MR) is 125 cm³/mol. The van der Waals surface area contributed by atoms with E-state index in [0.717, 1.165) is 56.5 Å². The van der Waals surface area contributed by atoms with Crippen LogP contribution >= 0.6 is 11.6 Å². The minimum Gasteiger partial charge on any atom is -0.393 e. The number of hydrogen-bond acceptors (Lipinski definition) is 3. The molecule has 0 bridgehead atoms. The van der Waals surface area contributed by atoms with Gasteiger partial charge in [-0.25, -0.2) is 0 Å². The Bertz CT molecular complexity index is 1660. The standard InChI is InChI=1S/C25H18ClN3O3/c26-11-5-8-14-16(9-11)27-22-18(14)20-21(25(32)28-24(20)31)19-15-3-1-2-4-17(15)29(23(19)22)12-6-7-13(30)10-12/h1-5,8-9,12-13,27,30H,6-7,10H2,(H,28,31,32)/t12?,13-/m1/s1. The molecule has 1 saturated carbocycles. The molecule has 32 heavy (non-hydrogen) atoms. The van der Waals surface area contributed by atoms with Gasteiger partial charge in [0.15, 0.2) is 0 Å². The van der Waals surface area contributed by atoms with Gasteiger partial charge in [-0.15, -0.1) is 0 Å². The molecule has 2 aromatic heterocycles. The first-order chi connectivity index (χ1) is 15.5. The molecule has 3 heterocycles. The number of nitrogens with zero attached hydrogens (tertiary/aromatic N) is 1. The fraction of sp³-hybridized carbons (Fsp3) is 0.200. The topological polar surface area (TPSA) is 87.1 Å². The quantitative estimate of drug-likeness (QED) is 0.317. The number of hydrogen-bond donors (Lipinski definition) is 3. The fourth-order valence-corrected chi connectivity index (χ4v) is 6.02. The average Bonchev–Trinajstić information content (AvgIpc) is 3.50. The summed E-state index contributed by atoms with van der Waals surface area (Å²) in [6, 6.07) is 13.6. The van der Waals surface area contributed by atoms with Crippen LogP contribution in [0.4, 0.5) is 0 Å². The van der Waals surface area contributed by atoms with Gasteiger partial charge in [-0.05, 0) is 37.5 Å². The maximum atomic E-state index is 13.1. The van der Waals surface area contributed by atoms with E-state index in [1.807, 2.05) is 36.4 Å². The Labute approximate surface area is 186 Å². The summed E-state index contributed by atoms with van der Waals surface area (Å²) in [5, 5.41) is 16.7. The van der Waals surface area contributed by atoms with Crippen molar-refractivity contribution in [3.8, 4) is 0 Å². The zero-order valence-electron chi connectivity index (χ0n) is 16.9. The third kappa shape index (κ3) is 2.18. The molecule has 158 valence electrons. The summed E-state index contributed by atoms with van der Waals surface area (Å²) >= 11 is 6.26. The first-order valence-electron chi connectivity index (χ1n) is 10.8. The number of imide groups is 1. The molecule has 1 aliphatic carbocycles. The maximum absolute atomic E-state index is 13.1. The highest BCUT2D eigenvalue weighted by atomic mass is 35.5. The fourth-order valence-electron chi connectivity index (χ4n) is 5.85. The van der Waals surface area contributed by atoms with E-state index in [1.165, 1.54) is 0 Å². The summed E-state index contributed by atoms with van der Waals surface area (Å²) in [5.41, 5.74) is 4.38. The number of fused-ring (bicyclic) bond motifs is 10. The highest BCUT2D eigenvalue weighted by molar-refractivity contribution is 6.39. The zero-order valence-corrected chi connectivity index (χ0v) is 17.7. The number of aliphatic hydroxyl groups is 1. The van der Waals surface area contributed by atoms with Crippen molar-refractivity contribution in [1.82, 2.24) is 14.9 Å². The number of benzene rings is 3. The normalized spacial score (nSPS) is 20.8. The number of amides is 2. The molecule has 1 fully saturated rings. The van der Waals surface area contributed by atoms with Crippen LogP contribution < -0.4 is 5.32 Å². The van der Waals surface area contributed by atoms with E-state index < -0.39 is 0 Å². The van der Waals surface area contributed by atoms with Crippen LogP contribution in [0.2, 0.25) is 5.02 Å². The van der Waals surface area contributed by atoms with E-state index in [2.05, 4.69) is 14.9 Å². The van der Waals surface area contributed by atoms with Crippen LogP contribution in [0.3, 0.4) is 0 Å². The molecule has 7 rings (SSSR count). The molecule has 1 aliphatic heterocycles. The van der Waals surface area contributed by atoms with Crippen LogP contribution in [0, 0.1) is 0 Å². The van der Waals surface area contributed by atoms with Crippen molar-refractivity contribution in [3.63, 3.8) is 0 Å². The Morgan fingerprint density at radius 2 is 1.75 bits per heavy atom. The lowest BCUT2D eigenvalue weighted by molar-refractivity contribution is 0.0880. The van der Waals surface area contributed by atoms with Crippen LogP contribution in [0.1, 0.15) is 46.0 Å². The summed E-state index contributed by atoms with van der Waals surface area (Å²) in [6.07, 6.45) is 1.91. The highest BCUT2D eigenvalue weighted by Gasteiger charge is 2.37. The first kappa shape index (κ1) is 18.2. The Hall–Kier alpha value is -3.35. The summed E-state index contributed by atoms with van der Waals surface area (Å²) in [6.45, 7) is 0. The molecule has 3 N–H and O–H groups in total. The molecule has 0 saturated heterocycles. The number of H-pyrrole nitrogens is 1. The number of carbonyl (C=O) groups excluding carboxylic acids is 2. The van der Waals surface area contributed by atoms with E-state index >= 15 is 0 Å². The summed E-state index contributed by atoms with van der Waals surface area (Å²) in [7, 11) is 0. The lowest BCUT2D eigenvalue weighted by atomic mass is 9.96. The first-order valence-corrected chi connectivity index (χ1v) is 11.1.